The van der Waals surface area contributed by atoms with Crippen LogP contribution in [0.4, 0.5) is 0 Å². The summed E-state index contributed by atoms with van der Waals surface area (Å²) < 4.78 is 6.84. The fourth-order valence-corrected chi connectivity index (χ4v) is 2.89. The Kier molecular flexibility index (Phi) is 4.66. The summed E-state index contributed by atoms with van der Waals surface area (Å²) >= 11 is 11.1. The second kappa shape index (κ2) is 6.70. The zero-order valence-electron chi connectivity index (χ0n) is 12.2. The van der Waals surface area contributed by atoms with Gasteiger partial charge in [0.1, 0.15) is 5.56 Å². The van der Waals surface area contributed by atoms with Gasteiger partial charge in [-0.1, -0.05) is 17.2 Å². The van der Waals surface area contributed by atoms with Gasteiger partial charge in [0.05, 0.1) is 18.9 Å². The molecule has 2 aromatic rings. The topological polar surface area (TPSA) is 67.2 Å². The van der Waals surface area contributed by atoms with Crippen molar-refractivity contribution in [2.24, 2.45) is 0 Å². The number of nitrogens with zero attached hydrogens (tertiary/aromatic N) is 1. The molecule has 2 N–H and O–H groups in total. The second-order valence-electron chi connectivity index (χ2n) is 5.22. The Bertz CT molecular complexity index is 860. The Morgan fingerprint density at radius 3 is 2.57 bits per heavy atom. The van der Waals surface area contributed by atoms with Crippen LogP contribution in [0.25, 0.3) is 11.8 Å². The Labute approximate surface area is 142 Å². The highest BCUT2D eigenvalue weighted by Gasteiger charge is 2.14. The van der Waals surface area contributed by atoms with Crippen molar-refractivity contribution < 1.29 is 9.84 Å². The van der Waals surface area contributed by atoms with Gasteiger partial charge in [-0.25, -0.2) is 0 Å². The average molecular weight is 351 g/mol. The summed E-state index contributed by atoms with van der Waals surface area (Å²) in [5.74, 6) is -0.180. The van der Waals surface area contributed by atoms with Crippen LogP contribution in [0, 0.1) is 4.77 Å². The normalized spacial score (nSPS) is 14.7. The number of H-pyrrole nitrogens is 1. The Morgan fingerprint density at radius 2 is 1.91 bits per heavy atom. The van der Waals surface area contributed by atoms with Crippen molar-refractivity contribution in [1.82, 2.24) is 9.55 Å². The Hall–Kier alpha value is -1.89. The number of nitrogens with one attached hydrogen (secondary N) is 1. The van der Waals surface area contributed by atoms with Gasteiger partial charge in [-0.3, -0.25) is 14.3 Å². The number of aromatic amines is 1. The molecular weight excluding hydrogens is 336 g/mol. The molecule has 1 saturated heterocycles. The van der Waals surface area contributed by atoms with Gasteiger partial charge in [0.25, 0.3) is 5.56 Å². The molecule has 0 spiro atoms. The van der Waals surface area contributed by atoms with E-state index in [0.717, 1.165) is 18.4 Å². The molecule has 1 aliphatic rings. The minimum Gasteiger partial charge on any atom is -0.494 e. The van der Waals surface area contributed by atoms with Crippen LogP contribution in [0.3, 0.4) is 0 Å². The minimum absolute atomic E-state index is 0.129. The lowest BCUT2D eigenvalue weighted by molar-refractivity contribution is 0.119. The van der Waals surface area contributed by atoms with Crippen molar-refractivity contribution in [1.29, 1.82) is 0 Å². The molecule has 1 aromatic heterocycles. The SMILES string of the molecule is O=c1[nH]c(=S)n(-c2ccc(Cl)cc2)c(O)c1C=C1CCOCC1. The molecular formula is C16H15ClN2O3S. The van der Waals surface area contributed by atoms with E-state index in [-0.39, 0.29) is 16.2 Å². The Morgan fingerprint density at radius 1 is 1.26 bits per heavy atom. The number of hydrogen-bond acceptors (Lipinski definition) is 4. The summed E-state index contributed by atoms with van der Waals surface area (Å²) in [6.45, 7) is 1.25. The van der Waals surface area contributed by atoms with Gasteiger partial charge >= 0.3 is 0 Å². The molecule has 0 atom stereocenters. The van der Waals surface area contributed by atoms with Crippen LogP contribution in [0.15, 0.2) is 34.6 Å². The number of ether oxygens (including phenoxy) is 1. The molecule has 0 bridgehead atoms. The summed E-state index contributed by atoms with van der Waals surface area (Å²) in [6.07, 6.45) is 3.21. The Balaban J connectivity index is 2.14. The molecule has 3 rings (SSSR count). The van der Waals surface area contributed by atoms with Crippen molar-refractivity contribution in [2.45, 2.75) is 12.8 Å². The zero-order valence-corrected chi connectivity index (χ0v) is 13.8. The quantitative estimate of drug-likeness (QED) is 0.814. The van der Waals surface area contributed by atoms with Crippen molar-refractivity contribution in [3.05, 3.63) is 55.5 Å². The molecule has 1 aromatic carbocycles. The van der Waals surface area contributed by atoms with Gasteiger partial charge in [-0.15, -0.1) is 0 Å². The molecule has 23 heavy (non-hydrogen) atoms. The number of rotatable bonds is 2. The lowest BCUT2D eigenvalue weighted by Crippen LogP contribution is -2.17. The van der Waals surface area contributed by atoms with E-state index in [9.17, 15) is 9.90 Å². The highest BCUT2D eigenvalue weighted by Crippen LogP contribution is 2.24. The lowest BCUT2D eigenvalue weighted by Gasteiger charge is -2.16. The molecule has 7 heteroatoms. The molecule has 0 unspecified atom stereocenters. The maximum Gasteiger partial charge on any atom is 0.262 e. The third-order valence-corrected chi connectivity index (χ3v) is 4.23. The highest BCUT2D eigenvalue weighted by molar-refractivity contribution is 7.71. The van der Waals surface area contributed by atoms with Crippen LogP contribution in [0.5, 0.6) is 5.88 Å². The van der Waals surface area contributed by atoms with Gasteiger partial charge in [-0.05, 0) is 55.4 Å². The van der Waals surface area contributed by atoms with Crippen LogP contribution >= 0.6 is 23.8 Å². The molecule has 0 saturated carbocycles. The molecule has 1 aliphatic heterocycles. The van der Waals surface area contributed by atoms with E-state index in [1.54, 1.807) is 30.3 Å². The summed E-state index contributed by atoms with van der Waals surface area (Å²) in [7, 11) is 0. The molecule has 0 aliphatic carbocycles. The molecule has 120 valence electrons. The number of aromatic nitrogens is 2. The lowest BCUT2D eigenvalue weighted by atomic mass is 10.1. The molecule has 0 amide bonds. The second-order valence-corrected chi connectivity index (χ2v) is 6.05. The fourth-order valence-electron chi connectivity index (χ4n) is 2.48. The number of benzene rings is 1. The first-order valence-electron chi connectivity index (χ1n) is 7.17. The molecule has 5 nitrogen and oxygen atoms in total. The molecule has 2 heterocycles. The van der Waals surface area contributed by atoms with E-state index >= 15 is 0 Å². The number of halogens is 1. The number of aromatic hydroxyl groups is 1. The predicted molar refractivity (Wildman–Crippen MR) is 91.9 cm³/mol. The molecule has 1 fully saturated rings. The van der Waals surface area contributed by atoms with E-state index < -0.39 is 5.56 Å². The standard InChI is InChI=1S/C16H15ClN2O3S/c17-11-1-3-12(4-2-11)19-15(21)13(14(20)18-16(19)23)9-10-5-7-22-8-6-10/h1-4,9,21H,5-8H2,(H,18,20,23). The smallest absolute Gasteiger partial charge is 0.262 e. The summed E-state index contributed by atoms with van der Waals surface area (Å²) in [4.78, 5) is 14.8. The maximum atomic E-state index is 12.2. The van der Waals surface area contributed by atoms with E-state index in [2.05, 4.69) is 4.98 Å². The monoisotopic (exact) mass is 350 g/mol. The summed E-state index contributed by atoms with van der Waals surface area (Å²) in [5, 5.41) is 11.1. The van der Waals surface area contributed by atoms with E-state index in [1.807, 2.05) is 0 Å². The van der Waals surface area contributed by atoms with E-state index in [4.69, 9.17) is 28.6 Å². The summed E-state index contributed by atoms with van der Waals surface area (Å²) in [6, 6.07) is 6.84. The zero-order chi connectivity index (χ0) is 16.4. The van der Waals surface area contributed by atoms with Crippen LogP contribution < -0.4 is 5.56 Å². The van der Waals surface area contributed by atoms with Gasteiger partial charge in [0, 0.05) is 5.02 Å². The average Bonchev–Trinajstić information content (AvgIpc) is 2.54. The maximum absolute atomic E-state index is 12.2. The number of hydrogen-bond donors (Lipinski definition) is 2. The first kappa shape index (κ1) is 16.0. The van der Waals surface area contributed by atoms with Crippen LogP contribution in [0.2, 0.25) is 5.02 Å². The highest BCUT2D eigenvalue weighted by atomic mass is 35.5. The first-order chi connectivity index (χ1) is 11.1. The van der Waals surface area contributed by atoms with Gasteiger partial charge < -0.3 is 9.84 Å². The molecule has 0 radical (unpaired) electrons. The van der Waals surface area contributed by atoms with Crippen molar-refractivity contribution >= 4 is 29.9 Å². The largest absolute Gasteiger partial charge is 0.494 e. The van der Waals surface area contributed by atoms with Crippen LogP contribution in [-0.4, -0.2) is 27.9 Å². The third kappa shape index (κ3) is 3.39. The van der Waals surface area contributed by atoms with Gasteiger partial charge in [0.15, 0.2) is 4.77 Å². The van der Waals surface area contributed by atoms with Crippen molar-refractivity contribution in [3.63, 3.8) is 0 Å². The van der Waals surface area contributed by atoms with Crippen molar-refractivity contribution in [2.75, 3.05) is 13.2 Å². The van der Waals surface area contributed by atoms with E-state index in [1.165, 1.54) is 4.57 Å². The van der Waals surface area contributed by atoms with Crippen LogP contribution in [-0.2, 0) is 4.74 Å². The van der Waals surface area contributed by atoms with Gasteiger partial charge in [0.2, 0.25) is 5.88 Å². The van der Waals surface area contributed by atoms with Crippen molar-refractivity contribution in [3.8, 4) is 11.6 Å². The van der Waals surface area contributed by atoms with Gasteiger partial charge in [-0.2, -0.15) is 0 Å². The predicted octanol–water partition coefficient (Wildman–Crippen LogP) is 3.45. The first-order valence-corrected chi connectivity index (χ1v) is 7.96. The van der Waals surface area contributed by atoms with Crippen LogP contribution in [0.1, 0.15) is 18.4 Å². The third-order valence-electron chi connectivity index (χ3n) is 3.69. The fraction of sp³-hybridized carbons (Fsp3) is 0.250. The summed E-state index contributed by atoms with van der Waals surface area (Å²) in [5.41, 5.74) is 1.48. The minimum atomic E-state index is -0.406. The van der Waals surface area contributed by atoms with E-state index in [0.29, 0.717) is 23.9 Å².